The molecular formula is C11H15N2S2+. The van der Waals surface area contributed by atoms with Gasteiger partial charge in [-0.05, 0) is 12.3 Å². The van der Waals surface area contributed by atoms with Gasteiger partial charge in [-0.3, -0.25) is 4.48 Å². The Kier molecular flexibility index (Phi) is 2.75. The van der Waals surface area contributed by atoms with Crippen molar-refractivity contribution >= 4 is 39.0 Å². The van der Waals surface area contributed by atoms with Gasteiger partial charge in [0.25, 0.3) is 0 Å². The smallest absolute Gasteiger partial charge is 0.150 e. The average molecular weight is 239 g/mol. The fourth-order valence-electron chi connectivity index (χ4n) is 1.40. The zero-order valence-corrected chi connectivity index (χ0v) is 11.1. The molecule has 0 aliphatic heterocycles. The molecule has 0 amide bonds. The predicted octanol–water partition coefficient (Wildman–Crippen LogP) is 3.21. The SMILES string of the molecule is CSc1nc2cc([N+](C)(C)C)ccc2s1. The van der Waals surface area contributed by atoms with Crippen molar-refractivity contribution in [2.75, 3.05) is 27.4 Å². The third kappa shape index (κ3) is 2.17. The molecule has 2 aromatic rings. The molecule has 1 heterocycles. The lowest BCUT2D eigenvalue weighted by molar-refractivity contribution is 0.487. The molecule has 0 fully saturated rings. The first kappa shape index (κ1) is 10.9. The highest BCUT2D eigenvalue weighted by atomic mass is 32.2. The molecule has 0 atom stereocenters. The third-order valence-corrected chi connectivity index (χ3v) is 4.32. The largest absolute Gasteiger partial charge is 0.298 e. The molecule has 0 radical (unpaired) electrons. The fraction of sp³-hybridized carbons (Fsp3) is 0.364. The van der Waals surface area contributed by atoms with E-state index in [4.69, 9.17) is 0 Å². The van der Waals surface area contributed by atoms with Crippen molar-refractivity contribution in [1.29, 1.82) is 0 Å². The second-order valence-corrected chi connectivity index (χ2v) is 6.43. The molecule has 15 heavy (non-hydrogen) atoms. The van der Waals surface area contributed by atoms with Gasteiger partial charge in [-0.2, -0.15) is 0 Å². The van der Waals surface area contributed by atoms with Crippen LogP contribution in [0.3, 0.4) is 0 Å². The lowest BCUT2D eigenvalue weighted by Gasteiger charge is -2.23. The van der Waals surface area contributed by atoms with Crippen LogP contribution in [0.2, 0.25) is 0 Å². The van der Waals surface area contributed by atoms with Crippen molar-refractivity contribution in [1.82, 2.24) is 9.47 Å². The number of aromatic nitrogens is 1. The van der Waals surface area contributed by atoms with Gasteiger partial charge in [0, 0.05) is 12.1 Å². The molecular weight excluding hydrogens is 224 g/mol. The monoisotopic (exact) mass is 239 g/mol. The summed E-state index contributed by atoms with van der Waals surface area (Å²) in [6.45, 7) is 0. The first-order valence-corrected chi connectivity index (χ1v) is 6.81. The minimum absolute atomic E-state index is 0.835. The molecule has 2 nitrogen and oxygen atoms in total. The normalized spacial score (nSPS) is 12.3. The zero-order chi connectivity index (χ0) is 11.1. The lowest BCUT2D eigenvalue weighted by Crippen LogP contribution is -2.34. The molecule has 1 aromatic heterocycles. The van der Waals surface area contributed by atoms with Crippen LogP contribution in [-0.2, 0) is 0 Å². The molecule has 0 aliphatic carbocycles. The van der Waals surface area contributed by atoms with Gasteiger partial charge < -0.3 is 0 Å². The number of nitrogens with zero attached hydrogens (tertiary/aromatic N) is 2. The van der Waals surface area contributed by atoms with Gasteiger partial charge in [-0.25, -0.2) is 4.98 Å². The summed E-state index contributed by atoms with van der Waals surface area (Å²) in [5.74, 6) is 0. The molecule has 0 saturated heterocycles. The van der Waals surface area contributed by atoms with Gasteiger partial charge in [0.2, 0.25) is 0 Å². The van der Waals surface area contributed by atoms with Crippen LogP contribution in [0.15, 0.2) is 22.5 Å². The summed E-state index contributed by atoms with van der Waals surface area (Å²) >= 11 is 3.47. The van der Waals surface area contributed by atoms with Gasteiger partial charge >= 0.3 is 0 Å². The standard InChI is InChI=1S/C11H15N2S2/c1-13(2,3)8-5-6-10-9(7-8)12-11(14-4)15-10/h5-7H,1-4H3/q+1. The minimum Gasteiger partial charge on any atom is -0.298 e. The van der Waals surface area contributed by atoms with Crippen LogP contribution in [0, 0.1) is 0 Å². The Morgan fingerprint density at radius 2 is 2.00 bits per heavy atom. The van der Waals surface area contributed by atoms with Crippen molar-refractivity contribution in [3.8, 4) is 0 Å². The second-order valence-electron chi connectivity index (χ2n) is 4.35. The van der Waals surface area contributed by atoms with Crippen LogP contribution in [0.5, 0.6) is 0 Å². The van der Waals surface area contributed by atoms with Crippen molar-refractivity contribution < 1.29 is 0 Å². The van der Waals surface area contributed by atoms with Gasteiger partial charge in [0.05, 0.1) is 31.4 Å². The Hall–Kier alpha value is -0.580. The summed E-state index contributed by atoms with van der Waals surface area (Å²) in [7, 11) is 6.51. The van der Waals surface area contributed by atoms with Gasteiger partial charge in [0.15, 0.2) is 4.34 Å². The van der Waals surface area contributed by atoms with E-state index in [0.29, 0.717) is 0 Å². The molecule has 80 valence electrons. The van der Waals surface area contributed by atoms with Crippen LogP contribution in [0.4, 0.5) is 5.69 Å². The van der Waals surface area contributed by atoms with E-state index in [2.05, 4.69) is 50.6 Å². The number of rotatable bonds is 2. The Balaban J connectivity index is 2.55. The number of quaternary nitrogens is 1. The molecule has 0 aliphatic rings. The van der Waals surface area contributed by atoms with Gasteiger partial charge in [-0.1, -0.05) is 11.8 Å². The molecule has 2 rings (SSSR count). The Bertz CT molecular complexity index is 483. The van der Waals surface area contributed by atoms with Crippen LogP contribution in [0.1, 0.15) is 0 Å². The molecule has 0 N–H and O–H groups in total. The summed E-state index contributed by atoms with van der Waals surface area (Å²) < 4.78 is 3.25. The maximum atomic E-state index is 4.58. The van der Waals surface area contributed by atoms with Gasteiger partial charge in [0.1, 0.15) is 5.69 Å². The van der Waals surface area contributed by atoms with Crippen LogP contribution in [0.25, 0.3) is 10.2 Å². The highest BCUT2D eigenvalue weighted by Crippen LogP contribution is 2.31. The number of hydrogen-bond donors (Lipinski definition) is 0. The molecule has 0 bridgehead atoms. The quantitative estimate of drug-likeness (QED) is 0.589. The third-order valence-electron chi connectivity index (χ3n) is 2.30. The minimum atomic E-state index is 0.835. The van der Waals surface area contributed by atoms with E-state index in [1.807, 2.05) is 0 Å². The average Bonchev–Trinajstić information content (AvgIpc) is 2.57. The van der Waals surface area contributed by atoms with Crippen LogP contribution >= 0.6 is 23.1 Å². The number of thioether (sulfide) groups is 1. The maximum absolute atomic E-state index is 4.58. The summed E-state index contributed by atoms with van der Waals surface area (Å²) in [5, 5.41) is 0. The first-order valence-electron chi connectivity index (χ1n) is 4.77. The van der Waals surface area contributed by atoms with E-state index in [1.54, 1.807) is 23.1 Å². The molecule has 1 aromatic carbocycles. The summed E-state index contributed by atoms with van der Waals surface area (Å²) in [6.07, 6.45) is 2.07. The number of hydrogen-bond acceptors (Lipinski definition) is 3. The van der Waals surface area contributed by atoms with Crippen molar-refractivity contribution in [3.05, 3.63) is 18.2 Å². The molecule has 0 spiro atoms. The predicted molar refractivity (Wildman–Crippen MR) is 71.0 cm³/mol. The first-order chi connectivity index (χ1) is 7.00. The van der Waals surface area contributed by atoms with E-state index in [0.717, 1.165) is 14.3 Å². The number of thiazole rings is 1. The topological polar surface area (TPSA) is 12.9 Å². The summed E-state index contributed by atoms with van der Waals surface area (Å²) in [6, 6.07) is 6.54. The summed E-state index contributed by atoms with van der Waals surface area (Å²) in [5.41, 5.74) is 2.41. The molecule has 0 saturated carbocycles. The Morgan fingerprint density at radius 1 is 1.27 bits per heavy atom. The van der Waals surface area contributed by atoms with Crippen molar-refractivity contribution in [2.45, 2.75) is 4.34 Å². The second kappa shape index (κ2) is 3.77. The maximum Gasteiger partial charge on any atom is 0.150 e. The van der Waals surface area contributed by atoms with E-state index in [9.17, 15) is 0 Å². The zero-order valence-electron chi connectivity index (χ0n) is 9.44. The molecule has 0 unspecified atom stereocenters. The van der Waals surface area contributed by atoms with Gasteiger partial charge in [-0.15, -0.1) is 11.3 Å². The van der Waals surface area contributed by atoms with E-state index < -0.39 is 0 Å². The van der Waals surface area contributed by atoms with E-state index in [-0.39, 0.29) is 0 Å². The summed E-state index contributed by atoms with van der Waals surface area (Å²) in [4.78, 5) is 4.58. The highest BCUT2D eigenvalue weighted by Gasteiger charge is 2.13. The van der Waals surface area contributed by atoms with Crippen molar-refractivity contribution in [3.63, 3.8) is 0 Å². The van der Waals surface area contributed by atoms with Crippen LogP contribution < -0.4 is 4.48 Å². The fourth-order valence-corrected chi connectivity index (χ4v) is 2.87. The highest BCUT2D eigenvalue weighted by molar-refractivity contribution is 8.00. The molecule has 4 heteroatoms. The van der Waals surface area contributed by atoms with Crippen molar-refractivity contribution in [2.24, 2.45) is 0 Å². The number of fused-ring (bicyclic) bond motifs is 1. The Labute approximate surface area is 98.5 Å². The van der Waals surface area contributed by atoms with Crippen LogP contribution in [-0.4, -0.2) is 32.4 Å². The van der Waals surface area contributed by atoms with E-state index >= 15 is 0 Å². The number of benzene rings is 1. The lowest BCUT2D eigenvalue weighted by atomic mass is 10.2. The van der Waals surface area contributed by atoms with E-state index in [1.165, 1.54) is 10.4 Å². The Morgan fingerprint density at radius 3 is 2.60 bits per heavy atom.